The lowest BCUT2D eigenvalue weighted by molar-refractivity contribution is -0.182. The van der Waals surface area contributed by atoms with Gasteiger partial charge in [-0.25, -0.2) is 4.79 Å². The fraction of sp³-hybridized carbons (Fsp3) is 0.550. The SMILES string of the molecule is CC(C)C(CC(=O)O)OC(=O)C12CC3CC(C1)CC(c1cccc([SH](c4ccccc4)c4ccc(C5CCC(c6cc(C7CCCCC7)cc(C7CCCCC7)c6C(=O)O)CC5)cc4)c1)(C3)C2. The number of hydrogen-bond donors (Lipinski definition) is 3. The third-order valence-corrected chi connectivity index (χ3v) is 20.4. The molecule has 4 unspecified atom stereocenters. The first-order chi connectivity index (χ1) is 32.5. The Bertz CT molecular complexity index is 2390. The molecule has 4 aromatic rings. The fourth-order valence-electron chi connectivity index (χ4n) is 15.0. The molecule has 356 valence electrons. The minimum atomic E-state index is -0.927. The highest BCUT2D eigenvalue weighted by Gasteiger charge is 2.62. The number of thiol groups is 1. The number of carboxylic acid groups (broad SMARTS) is 2. The number of esters is 1. The summed E-state index contributed by atoms with van der Waals surface area (Å²) < 4.78 is 6.17. The van der Waals surface area contributed by atoms with Crippen molar-refractivity contribution in [2.24, 2.45) is 23.2 Å². The second-order valence-corrected chi connectivity index (χ2v) is 24.9. The summed E-state index contributed by atoms with van der Waals surface area (Å²) in [4.78, 5) is 43.2. The Labute approximate surface area is 402 Å². The second kappa shape index (κ2) is 19.6. The predicted molar refractivity (Wildman–Crippen MR) is 268 cm³/mol. The summed E-state index contributed by atoms with van der Waals surface area (Å²) in [7, 11) is -0.855. The average molecular weight is 923 g/mol. The van der Waals surface area contributed by atoms with Crippen LogP contribution in [0.25, 0.3) is 0 Å². The molecular weight excluding hydrogens is 849 g/mol. The van der Waals surface area contributed by atoms with E-state index in [0.29, 0.717) is 35.2 Å². The van der Waals surface area contributed by atoms with Crippen LogP contribution in [0.5, 0.6) is 0 Å². The van der Waals surface area contributed by atoms with Gasteiger partial charge in [0.05, 0.1) is 17.4 Å². The molecule has 4 aromatic carbocycles. The lowest BCUT2D eigenvalue weighted by Gasteiger charge is -2.61. The summed E-state index contributed by atoms with van der Waals surface area (Å²) >= 11 is 0. The molecule has 6 nitrogen and oxygen atoms in total. The van der Waals surface area contributed by atoms with E-state index in [1.165, 1.54) is 89.2 Å². The summed E-state index contributed by atoms with van der Waals surface area (Å²) in [6.45, 7) is 3.89. The maximum atomic E-state index is 14.3. The third kappa shape index (κ3) is 9.53. The number of carbonyl (C=O) groups excluding carboxylic acids is 1. The lowest BCUT2D eigenvalue weighted by Crippen LogP contribution is -2.57. The van der Waals surface area contributed by atoms with E-state index < -0.39 is 34.4 Å². The summed E-state index contributed by atoms with van der Waals surface area (Å²) in [5, 5.41) is 20.5. The van der Waals surface area contributed by atoms with Gasteiger partial charge >= 0.3 is 17.9 Å². The summed E-state index contributed by atoms with van der Waals surface area (Å²) in [5.41, 5.74) is 6.45. The van der Waals surface area contributed by atoms with Crippen LogP contribution in [0.1, 0.15) is 211 Å². The molecule has 4 atom stereocenters. The topological polar surface area (TPSA) is 101 Å². The second-order valence-electron chi connectivity index (χ2n) is 22.7. The van der Waals surface area contributed by atoms with Crippen LogP contribution in [0.2, 0.25) is 0 Å². The van der Waals surface area contributed by atoms with E-state index in [4.69, 9.17) is 4.74 Å². The maximum absolute atomic E-state index is 14.3. The van der Waals surface area contributed by atoms with Gasteiger partial charge in [0.2, 0.25) is 0 Å². The van der Waals surface area contributed by atoms with Crippen LogP contribution in [-0.4, -0.2) is 34.2 Å². The molecule has 7 saturated carbocycles. The first-order valence-electron chi connectivity index (χ1n) is 26.4. The molecule has 0 spiro atoms. The van der Waals surface area contributed by atoms with Gasteiger partial charge in [0.1, 0.15) is 6.10 Å². The lowest BCUT2D eigenvalue weighted by atomic mass is 9.43. The van der Waals surface area contributed by atoms with Crippen molar-refractivity contribution in [3.63, 3.8) is 0 Å². The van der Waals surface area contributed by atoms with Crippen molar-refractivity contribution < 1.29 is 29.3 Å². The van der Waals surface area contributed by atoms with Crippen LogP contribution in [-0.2, 0) is 19.7 Å². The van der Waals surface area contributed by atoms with Crippen LogP contribution in [0.15, 0.2) is 106 Å². The van der Waals surface area contributed by atoms with Gasteiger partial charge in [0.15, 0.2) is 0 Å². The van der Waals surface area contributed by atoms with Gasteiger partial charge in [0.25, 0.3) is 0 Å². The number of aliphatic carboxylic acids is 1. The van der Waals surface area contributed by atoms with Crippen molar-refractivity contribution in [1.82, 2.24) is 0 Å². The van der Waals surface area contributed by atoms with Gasteiger partial charge in [-0.15, -0.1) is 0 Å². The number of benzene rings is 4. The maximum Gasteiger partial charge on any atom is 0.336 e. The van der Waals surface area contributed by atoms with E-state index in [1.54, 1.807) is 0 Å². The molecule has 2 N–H and O–H groups in total. The molecule has 7 aliphatic rings. The average Bonchev–Trinajstić information content (AvgIpc) is 3.34. The molecule has 7 aliphatic carbocycles. The highest BCUT2D eigenvalue weighted by Crippen LogP contribution is 2.67. The molecule has 4 bridgehead atoms. The first kappa shape index (κ1) is 46.4. The number of carboxylic acids is 2. The molecule has 7 fully saturated rings. The number of hydrogen-bond acceptors (Lipinski definition) is 4. The molecule has 0 saturated heterocycles. The zero-order valence-electron chi connectivity index (χ0n) is 40.1. The van der Waals surface area contributed by atoms with Crippen molar-refractivity contribution in [3.05, 3.63) is 124 Å². The molecule has 0 aromatic heterocycles. The van der Waals surface area contributed by atoms with Crippen LogP contribution < -0.4 is 0 Å². The van der Waals surface area contributed by atoms with Crippen LogP contribution >= 0.6 is 10.9 Å². The zero-order chi connectivity index (χ0) is 46.3. The first-order valence-corrected chi connectivity index (χ1v) is 27.7. The summed E-state index contributed by atoms with van der Waals surface area (Å²) in [6.07, 6.45) is 21.5. The van der Waals surface area contributed by atoms with Crippen molar-refractivity contribution >= 4 is 28.8 Å². The molecule has 11 rings (SSSR count). The molecule has 0 amide bonds. The van der Waals surface area contributed by atoms with E-state index in [-0.39, 0.29) is 29.6 Å². The van der Waals surface area contributed by atoms with E-state index >= 15 is 0 Å². The van der Waals surface area contributed by atoms with Gasteiger partial charge in [-0.05, 0) is 216 Å². The number of ether oxygens (including phenoxy) is 1. The Morgan fingerprint density at radius 2 is 1.16 bits per heavy atom. The van der Waals surface area contributed by atoms with E-state index in [9.17, 15) is 24.6 Å². The number of rotatable bonds is 14. The molecular formula is C60H74O6S. The minimum Gasteiger partial charge on any atom is -0.481 e. The van der Waals surface area contributed by atoms with Gasteiger partial charge < -0.3 is 14.9 Å². The van der Waals surface area contributed by atoms with E-state index in [1.807, 2.05) is 13.8 Å². The molecule has 7 heteroatoms. The van der Waals surface area contributed by atoms with E-state index in [2.05, 4.69) is 91.0 Å². The Morgan fingerprint density at radius 3 is 1.76 bits per heavy atom. The van der Waals surface area contributed by atoms with Gasteiger partial charge in [-0.1, -0.05) is 107 Å². The van der Waals surface area contributed by atoms with Gasteiger partial charge in [-0.2, -0.15) is 10.9 Å². The van der Waals surface area contributed by atoms with Crippen molar-refractivity contribution in [2.75, 3.05) is 0 Å². The Kier molecular flexibility index (Phi) is 13.5. The van der Waals surface area contributed by atoms with Crippen LogP contribution in [0.3, 0.4) is 0 Å². The van der Waals surface area contributed by atoms with Crippen LogP contribution in [0.4, 0.5) is 0 Å². The molecule has 0 radical (unpaired) electrons. The van der Waals surface area contributed by atoms with Gasteiger partial charge in [0, 0.05) is 0 Å². The zero-order valence-corrected chi connectivity index (χ0v) is 41.0. The van der Waals surface area contributed by atoms with Crippen molar-refractivity contribution in [1.29, 1.82) is 0 Å². The van der Waals surface area contributed by atoms with E-state index in [0.717, 1.165) is 81.8 Å². The Balaban J connectivity index is 0.894. The number of carbonyl (C=O) groups is 3. The minimum absolute atomic E-state index is 0.0619. The molecule has 67 heavy (non-hydrogen) atoms. The van der Waals surface area contributed by atoms with Gasteiger partial charge in [-0.3, -0.25) is 9.59 Å². The largest absolute Gasteiger partial charge is 0.481 e. The van der Waals surface area contributed by atoms with Crippen LogP contribution in [0, 0.1) is 23.2 Å². The fourth-order valence-corrected chi connectivity index (χ4v) is 17.3. The highest BCUT2D eigenvalue weighted by atomic mass is 32.2. The summed E-state index contributed by atoms with van der Waals surface area (Å²) in [6, 6.07) is 34.6. The molecule has 0 aliphatic heterocycles. The predicted octanol–water partition coefficient (Wildman–Crippen LogP) is 15.3. The van der Waals surface area contributed by atoms with Crippen molar-refractivity contribution in [3.8, 4) is 0 Å². The third-order valence-electron chi connectivity index (χ3n) is 17.9. The monoisotopic (exact) mass is 923 g/mol. The van der Waals surface area contributed by atoms with Crippen molar-refractivity contribution in [2.45, 2.75) is 199 Å². The number of aromatic carboxylic acids is 1. The summed E-state index contributed by atoms with van der Waals surface area (Å²) in [5.74, 6) is 0.740. The smallest absolute Gasteiger partial charge is 0.336 e. The normalized spacial score (nSPS) is 28.8. The standard InChI is InChI=1S/C60H74O6S/c1-39(2)54(33-55(61)62)66-58(65)60-36-40-29-41(37-60)35-59(34-40,38-60)48-17-12-20-51(32-48)67(49-18-10-5-11-19-49)50-27-25-44(26-28-50)43-21-23-46(24-22-43)53-31-47(42-13-6-3-7-14-42)30-52(56(53)57(63)64)45-15-8-4-9-16-45/h5,10-12,17-20,25-28,30-32,39-43,45-46,54,67H,3-4,6-9,13-16,21-24,29,33-38H2,1-2H3,(H,61,62)(H,63,64). The Hall–Kier alpha value is -4.36. The Morgan fingerprint density at radius 1 is 0.612 bits per heavy atom. The quantitative estimate of drug-likeness (QED) is 0.0860. The molecule has 0 heterocycles. The highest BCUT2D eigenvalue weighted by molar-refractivity contribution is 8.17.